The third-order valence-corrected chi connectivity index (χ3v) is 3.51. The van der Waals surface area contributed by atoms with Crippen LogP contribution in [0.4, 0.5) is 18.9 Å². The zero-order chi connectivity index (χ0) is 17.0. The van der Waals surface area contributed by atoms with Crippen molar-refractivity contribution in [2.75, 3.05) is 19.8 Å². The van der Waals surface area contributed by atoms with Crippen LogP contribution in [0.2, 0.25) is 0 Å². The summed E-state index contributed by atoms with van der Waals surface area (Å²) in [4.78, 5) is 23.2. The van der Waals surface area contributed by atoms with Crippen molar-refractivity contribution >= 4 is 11.6 Å². The molecule has 6 nitrogen and oxygen atoms in total. The van der Waals surface area contributed by atoms with Crippen LogP contribution >= 0.6 is 0 Å². The van der Waals surface area contributed by atoms with Crippen LogP contribution in [-0.4, -0.2) is 41.7 Å². The van der Waals surface area contributed by atoms with Crippen LogP contribution in [0.1, 0.15) is 12.0 Å². The van der Waals surface area contributed by atoms with E-state index in [1.54, 1.807) is 0 Å². The summed E-state index contributed by atoms with van der Waals surface area (Å²) in [7, 11) is 0. The lowest BCUT2D eigenvalue weighted by molar-refractivity contribution is -0.385. The largest absolute Gasteiger partial charge is 0.406 e. The normalized spacial score (nSPS) is 18.0. The molecule has 126 valence electrons. The summed E-state index contributed by atoms with van der Waals surface area (Å²) in [6, 6.07) is 5.45. The van der Waals surface area contributed by atoms with E-state index in [2.05, 4.69) is 0 Å². The molecule has 1 amide bonds. The third kappa shape index (κ3) is 4.65. The maximum atomic E-state index is 12.8. The molecule has 0 aliphatic carbocycles. The summed E-state index contributed by atoms with van der Waals surface area (Å²) in [5.41, 5.74) is -0.246. The van der Waals surface area contributed by atoms with Gasteiger partial charge in [0.15, 0.2) is 0 Å². The number of ether oxygens (including phenoxy) is 1. The lowest BCUT2D eigenvalue weighted by Gasteiger charge is -2.26. The van der Waals surface area contributed by atoms with Gasteiger partial charge in [0.2, 0.25) is 5.91 Å². The van der Waals surface area contributed by atoms with E-state index in [9.17, 15) is 28.1 Å². The average Bonchev–Trinajstić information content (AvgIpc) is 2.99. The Hall–Kier alpha value is -2.16. The molecule has 0 bridgehead atoms. The number of benzene rings is 1. The van der Waals surface area contributed by atoms with Crippen LogP contribution in [-0.2, 0) is 16.1 Å². The topological polar surface area (TPSA) is 72.7 Å². The fourth-order valence-corrected chi connectivity index (χ4v) is 2.44. The molecule has 0 radical (unpaired) electrons. The van der Waals surface area contributed by atoms with Crippen LogP contribution in [0.15, 0.2) is 24.3 Å². The van der Waals surface area contributed by atoms with E-state index < -0.39 is 36.0 Å². The first-order valence-corrected chi connectivity index (χ1v) is 6.93. The summed E-state index contributed by atoms with van der Waals surface area (Å²) in [6.07, 6.45) is -4.23. The van der Waals surface area contributed by atoms with E-state index in [4.69, 9.17) is 4.74 Å². The number of alkyl halides is 3. The molecule has 1 saturated heterocycles. The van der Waals surface area contributed by atoms with Gasteiger partial charge in [-0.25, -0.2) is 0 Å². The number of carbonyl (C=O) groups is 1. The smallest absolute Gasteiger partial charge is 0.381 e. The SMILES string of the molecule is O=C(C1CCOC1)N(Cc1ccccc1[N+](=O)[O-])CC(F)(F)F. The molecule has 1 aromatic rings. The van der Waals surface area contributed by atoms with Crippen molar-refractivity contribution in [3.8, 4) is 0 Å². The standard InChI is InChI=1S/C14H15F3N2O4/c15-14(16,17)9-18(13(20)11-5-6-23-8-11)7-10-3-1-2-4-12(10)19(21)22/h1-4,11H,5-9H2. The van der Waals surface area contributed by atoms with Gasteiger partial charge in [-0.15, -0.1) is 0 Å². The number of amides is 1. The average molecular weight is 332 g/mol. The highest BCUT2D eigenvalue weighted by atomic mass is 19.4. The maximum Gasteiger partial charge on any atom is 0.406 e. The van der Waals surface area contributed by atoms with Crippen molar-refractivity contribution in [1.82, 2.24) is 4.90 Å². The first-order valence-electron chi connectivity index (χ1n) is 6.93. The molecule has 0 spiro atoms. The Bertz CT molecular complexity index is 586. The second-order valence-corrected chi connectivity index (χ2v) is 5.26. The highest BCUT2D eigenvalue weighted by Gasteiger charge is 2.37. The minimum absolute atomic E-state index is 0.0639. The van der Waals surface area contributed by atoms with Crippen molar-refractivity contribution < 1.29 is 27.6 Å². The highest BCUT2D eigenvalue weighted by molar-refractivity contribution is 5.79. The van der Waals surface area contributed by atoms with Gasteiger partial charge in [-0.2, -0.15) is 13.2 Å². The quantitative estimate of drug-likeness (QED) is 0.613. The molecule has 1 aliphatic rings. The number of nitro groups is 1. The number of hydrogen-bond acceptors (Lipinski definition) is 4. The fraction of sp³-hybridized carbons (Fsp3) is 0.500. The van der Waals surface area contributed by atoms with Crippen molar-refractivity contribution in [2.24, 2.45) is 5.92 Å². The van der Waals surface area contributed by atoms with Gasteiger partial charge in [0.1, 0.15) is 6.54 Å². The molecule has 9 heteroatoms. The molecule has 1 aliphatic heterocycles. The van der Waals surface area contributed by atoms with E-state index in [0.717, 1.165) is 0 Å². The summed E-state index contributed by atoms with van der Waals surface area (Å²) in [5, 5.41) is 11.0. The number of hydrogen-bond donors (Lipinski definition) is 0. The number of rotatable bonds is 5. The monoisotopic (exact) mass is 332 g/mol. The Morgan fingerprint density at radius 3 is 2.65 bits per heavy atom. The third-order valence-electron chi connectivity index (χ3n) is 3.51. The summed E-state index contributed by atoms with van der Waals surface area (Å²) in [6.45, 7) is -1.52. The van der Waals surface area contributed by atoms with E-state index in [1.807, 2.05) is 0 Å². The lowest BCUT2D eigenvalue weighted by atomic mass is 10.1. The predicted molar refractivity (Wildman–Crippen MR) is 73.5 cm³/mol. The van der Waals surface area contributed by atoms with Gasteiger partial charge >= 0.3 is 6.18 Å². The second kappa shape index (κ2) is 6.95. The Morgan fingerprint density at radius 1 is 1.39 bits per heavy atom. The zero-order valence-electron chi connectivity index (χ0n) is 12.1. The van der Waals surface area contributed by atoms with E-state index >= 15 is 0 Å². The molecule has 1 fully saturated rings. The van der Waals surface area contributed by atoms with Crippen molar-refractivity contribution in [1.29, 1.82) is 0 Å². The number of para-hydroxylation sites is 1. The fourth-order valence-electron chi connectivity index (χ4n) is 2.44. The van der Waals surface area contributed by atoms with Gasteiger partial charge in [-0.3, -0.25) is 14.9 Å². The number of carbonyl (C=O) groups excluding carboxylic acids is 1. The minimum Gasteiger partial charge on any atom is -0.381 e. The Kier molecular flexibility index (Phi) is 5.19. The lowest BCUT2D eigenvalue weighted by Crippen LogP contribution is -2.42. The van der Waals surface area contributed by atoms with Gasteiger partial charge < -0.3 is 9.64 Å². The molecular formula is C14H15F3N2O4. The summed E-state index contributed by atoms with van der Waals surface area (Å²) in [5.74, 6) is -1.34. The number of nitro benzene ring substituents is 1. The highest BCUT2D eigenvalue weighted by Crippen LogP contribution is 2.25. The van der Waals surface area contributed by atoms with Gasteiger partial charge in [-0.05, 0) is 6.42 Å². The predicted octanol–water partition coefficient (Wildman–Crippen LogP) is 2.52. The Balaban J connectivity index is 2.24. The van der Waals surface area contributed by atoms with Gasteiger partial charge in [0.25, 0.3) is 5.69 Å². The van der Waals surface area contributed by atoms with Crippen molar-refractivity contribution in [3.05, 3.63) is 39.9 Å². The van der Waals surface area contributed by atoms with Gasteiger partial charge in [0.05, 0.1) is 24.0 Å². The molecule has 0 N–H and O–H groups in total. The van der Waals surface area contributed by atoms with Crippen LogP contribution in [0.5, 0.6) is 0 Å². The summed E-state index contributed by atoms with van der Waals surface area (Å²) >= 11 is 0. The van der Waals surface area contributed by atoms with E-state index in [0.29, 0.717) is 17.9 Å². The van der Waals surface area contributed by atoms with Crippen LogP contribution in [0, 0.1) is 16.0 Å². The van der Waals surface area contributed by atoms with Crippen LogP contribution in [0.25, 0.3) is 0 Å². The van der Waals surface area contributed by atoms with Crippen molar-refractivity contribution in [3.63, 3.8) is 0 Å². The second-order valence-electron chi connectivity index (χ2n) is 5.26. The molecule has 1 aromatic carbocycles. The van der Waals surface area contributed by atoms with E-state index in [1.165, 1.54) is 24.3 Å². The van der Waals surface area contributed by atoms with Crippen molar-refractivity contribution in [2.45, 2.75) is 19.1 Å². The molecule has 0 saturated carbocycles. The van der Waals surface area contributed by atoms with Gasteiger partial charge in [0, 0.05) is 18.2 Å². The zero-order valence-corrected chi connectivity index (χ0v) is 12.1. The molecule has 1 heterocycles. The Labute approximate surface area is 130 Å². The molecule has 0 aromatic heterocycles. The van der Waals surface area contributed by atoms with E-state index in [-0.39, 0.29) is 17.9 Å². The minimum atomic E-state index is -4.58. The molecule has 2 rings (SSSR count). The number of halogens is 3. The first kappa shape index (κ1) is 17.2. The Morgan fingerprint density at radius 2 is 2.09 bits per heavy atom. The van der Waals surface area contributed by atoms with Crippen LogP contribution in [0.3, 0.4) is 0 Å². The maximum absolute atomic E-state index is 12.8. The molecule has 23 heavy (non-hydrogen) atoms. The first-order chi connectivity index (χ1) is 10.8. The molecule has 1 unspecified atom stereocenters. The van der Waals surface area contributed by atoms with Gasteiger partial charge in [-0.1, -0.05) is 18.2 Å². The molecular weight excluding hydrogens is 317 g/mol. The molecule has 1 atom stereocenters. The number of nitrogens with zero attached hydrogens (tertiary/aromatic N) is 2. The summed E-state index contributed by atoms with van der Waals surface area (Å²) < 4.78 is 43.3. The van der Waals surface area contributed by atoms with Crippen LogP contribution < -0.4 is 0 Å².